The minimum absolute atomic E-state index is 0.0266. The van der Waals surface area contributed by atoms with Crippen molar-refractivity contribution in [3.05, 3.63) is 63.7 Å². The summed E-state index contributed by atoms with van der Waals surface area (Å²) in [5, 5.41) is 0.517. The van der Waals surface area contributed by atoms with Crippen LogP contribution in [0.4, 0.5) is 5.69 Å². The predicted octanol–water partition coefficient (Wildman–Crippen LogP) is 3.71. The van der Waals surface area contributed by atoms with Gasteiger partial charge in [0.2, 0.25) is 0 Å². The summed E-state index contributed by atoms with van der Waals surface area (Å²) in [5.41, 5.74) is 11.2. The highest BCUT2D eigenvalue weighted by Crippen LogP contribution is 2.48. The number of carbonyl (C=O) groups is 1. The van der Waals surface area contributed by atoms with Crippen LogP contribution in [-0.2, 0) is 18.4 Å². The van der Waals surface area contributed by atoms with Crippen molar-refractivity contribution < 1.29 is 4.79 Å². The molecule has 4 rings (SSSR count). The molecular weight excluding hydrogens is 358 g/mol. The number of likely N-dealkylation sites (N-methyl/N-ethyl adjacent to an activating group) is 1. The van der Waals surface area contributed by atoms with Crippen molar-refractivity contribution in [2.45, 2.75) is 31.2 Å². The molecule has 4 nitrogen and oxygen atoms in total. The lowest BCUT2D eigenvalue weighted by Gasteiger charge is -2.21. The highest BCUT2D eigenvalue weighted by atomic mass is 35.5. The fourth-order valence-electron chi connectivity index (χ4n) is 4.22. The highest BCUT2D eigenvalue weighted by molar-refractivity contribution is 6.31. The van der Waals surface area contributed by atoms with Crippen molar-refractivity contribution in [1.29, 1.82) is 0 Å². The maximum absolute atomic E-state index is 12.6. The number of fused-ring (bicyclic) bond motifs is 1. The van der Waals surface area contributed by atoms with E-state index in [-0.39, 0.29) is 5.91 Å². The Morgan fingerprint density at radius 1 is 1.19 bits per heavy atom. The van der Waals surface area contributed by atoms with Crippen molar-refractivity contribution in [3.8, 4) is 0 Å². The lowest BCUT2D eigenvalue weighted by Crippen LogP contribution is -2.26. The minimum atomic E-state index is 0.0266. The van der Waals surface area contributed by atoms with Crippen LogP contribution in [0.1, 0.15) is 39.9 Å². The van der Waals surface area contributed by atoms with Crippen LogP contribution >= 0.6 is 11.6 Å². The normalized spacial score (nSPS) is 17.5. The summed E-state index contributed by atoms with van der Waals surface area (Å²) in [6.45, 7) is 2.37. The number of carbonyl (C=O) groups excluding carboxylic acids is 1. The monoisotopic (exact) mass is 383 g/mol. The summed E-state index contributed by atoms with van der Waals surface area (Å²) in [6, 6.07) is 12.4. The number of amides is 1. The molecule has 0 atom stereocenters. The zero-order chi connectivity index (χ0) is 19.2. The molecule has 0 spiro atoms. The molecule has 0 saturated heterocycles. The summed E-state index contributed by atoms with van der Waals surface area (Å²) in [5.74, 6) is 0.0266. The number of hydrogen-bond acceptors (Lipinski definition) is 3. The molecule has 1 aliphatic heterocycles. The van der Waals surface area contributed by atoms with Crippen LogP contribution in [0, 0.1) is 0 Å². The number of nitrogen functional groups attached to an aromatic ring is 1. The Labute approximate surface area is 165 Å². The first-order valence-electron chi connectivity index (χ1n) is 9.49. The van der Waals surface area contributed by atoms with Gasteiger partial charge in [-0.2, -0.15) is 0 Å². The van der Waals surface area contributed by atoms with Gasteiger partial charge in [-0.1, -0.05) is 35.9 Å². The van der Waals surface area contributed by atoms with Gasteiger partial charge < -0.3 is 15.5 Å². The van der Waals surface area contributed by atoms with E-state index in [1.165, 1.54) is 24.0 Å². The van der Waals surface area contributed by atoms with Crippen LogP contribution < -0.4 is 5.73 Å². The third kappa shape index (κ3) is 3.56. The van der Waals surface area contributed by atoms with E-state index in [0.717, 1.165) is 18.5 Å². The van der Waals surface area contributed by atoms with Crippen molar-refractivity contribution >= 4 is 23.2 Å². The van der Waals surface area contributed by atoms with Gasteiger partial charge in [0, 0.05) is 46.9 Å². The van der Waals surface area contributed by atoms with Crippen LogP contribution in [0.2, 0.25) is 5.02 Å². The second-order valence-electron chi connectivity index (χ2n) is 8.21. The van der Waals surface area contributed by atoms with Crippen LogP contribution in [-0.4, -0.2) is 42.9 Å². The Kier molecular flexibility index (Phi) is 4.65. The molecule has 2 aromatic rings. The van der Waals surface area contributed by atoms with Gasteiger partial charge in [-0.25, -0.2) is 0 Å². The number of anilines is 1. The molecule has 0 aromatic heterocycles. The van der Waals surface area contributed by atoms with Gasteiger partial charge in [0.1, 0.15) is 0 Å². The SMILES string of the molecule is CN(C)CC1(c2ccc(CCN3Cc4c(N)cc(Cl)cc4C3=O)cc2)CC1. The molecule has 1 fully saturated rings. The first-order chi connectivity index (χ1) is 12.9. The van der Waals surface area contributed by atoms with E-state index in [4.69, 9.17) is 17.3 Å². The van der Waals surface area contributed by atoms with Gasteiger partial charge in [0.15, 0.2) is 0 Å². The van der Waals surface area contributed by atoms with E-state index in [9.17, 15) is 4.79 Å². The van der Waals surface area contributed by atoms with Gasteiger partial charge in [0.05, 0.1) is 0 Å². The molecule has 1 saturated carbocycles. The summed E-state index contributed by atoms with van der Waals surface area (Å²) in [6.07, 6.45) is 3.39. The number of rotatable bonds is 6. The van der Waals surface area contributed by atoms with E-state index in [0.29, 0.717) is 34.8 Å². The largest absolute Gasteiger partial charge is 0.398 e. The third-order valence-corrected chi connectivity index (χ3v) is 6.04. The maximum Gasteiger partial charge on any atom is 0.254 e. The molecular formula is C22H26ClN3O. The molecule has 5 heteroatoms. The van der Waals surface area contributed by atoms with E-state index in [1.807, 2.05) is 4.90 Å². The average Bonchev–Trinajstić information content (AvgIpc) is 3.32. The zero-order valence-corrected chi connectivity index (χ0v) is 16.7. The van der Waals surface area contributed by atoms with Gasteiger partial charge in [0.25, 0.3) is 5.91 Å². The Bertz CT molecular complexity index is 872. The summed E-state index contributed by atoms with van der Waals surface area (Å²) < 4.78 is 0. The van der Waals surface area contributed by atoms with Gasteiger partial charge in [-0.3, -0.25) is 4.79 Å². The van der Waals surface area contributed by atoms with Crippen molar-refractivity contribution in [1.82, 2.24) is 9.80 Å². The number of halogens is 1. The Morgan fingerprint density at radius 2 is 1.89 bits per heavy atom. The second kappa shape index (κ2) is 6.84. The number of hydrogen-bond donors (Lipinski definition) is 1. The molecule has 2 aliphatic rings. The fraction of sp³-hybridized carbons (Fsp3) is 0.409. The Hall–Kier alpha value is -2.04. The summed E-state index contributed by atoms with van der Waals surface area (Å²) >= 11 is 6.05. The first kappa shape index (κ1) is 18.3. The van der Waals surface area contributed by atoms with Crippen molar-refractivity contribution in [2.24, 2.45) is 0 Å². The fourth-order valence-corrected chi connectivity index (χ4v) is 4.45. The van der Waals surface area contributed by atoms with Gasteiger partial charge >= 0.3 is 0 Å². The molecule has 0 bridgehead atoms. The van der Waals surface area contributed by atoms with E-state index < -0.39 is 0 Å². The Balaban J connectivity index is 1.40. The number of nitrogens with zero attached hydrogens (tertiary/aromatic N) is 2. The molecule has 2 aromatic carbocycles. The van der Waals surface area contributed by atoms with Gasteiger partial charge in [-0.05, 0) is 56.6 Å². The number of nitrogens with two attached hydrogens (primary N) is 1. The maximum atomic E-state index is 12.6. The van der Waals surface area contributed by atoms with Crippen LogP contribution in [0.25, 0.3) is 0 Å². The van der Waals surface area contributed by atoms with E-state index in [2.05, 4.69) is 43.3 Å². The summed E-state index contributed by atoms with van der Waals surface area (Å²) in [4.78, 5) is 16.8. The molecule has 1 heterocycles. The van der Waals surface area contributed by atoms with E-state index >= 15 is 0 Å². The average molecular weight is 384 g/mol. The zero-order valence-electron chi connectivity index (χ0n) is 16.0. The van der Waals surface area contributed by atoms with Crippen molar-refractivity contribution in [3.63, 3.8) is 0 Å². The highest BCUT2D eigenvalue weighted by Gasteiger charge is 2.44. The molecule has 1 amide bonds. The minimum Gasteiger partial charge on any atom is -0.398 e. The first-order valence-corrected chi connectivity index (χ1v) is 9.87. The number of benzene rings is 2. The quantitative estimate of drug-likeness (QED) is 0.773. The smallest absolute Gasteiger partial charge is 0.254 e. The lowest BCUT2D eigenvalue weighted by molar-refractivity contribution is 0.0780. The molecule has 142 valence electrons. The van der Waals surface area contributed by atoms with Crippen molar-refractivity contribution in [2.75, 3.05) is 32.9 Å². The predicted molar refractivity (Wildman–Crippen MR) is 110 cm³/mol. The molecule has 0 radical (unpaired) electrons. The van der Waals surface area contributed by atoms with Crippen LogP contribution in [0.5, 0.6) is 0 Å². The third-order valence-electron chi connectivity index (χ3n) is 5.82. The standard InChI is InChI=1S/C22H26ClN3O/c1-25(2)14-22(8-9-22)16-5-3-15(4-6-16)7-10-26-13-19-18(21(26)27)11-17(23)12-20(19)24/h3-6,11-12H,7-10,13-14,24H2,1-2H3. The topological polar surface area (TPSA) is 49.6 Å². The Morgan fingerprint density at radius 3 is 2.52 bits per heavy atom. The molecule has 27 heavy (non-hydrogen) atoms. The molecule has 1 aliphatic carbocycles. The molecule has 0 unspecified atom stereocenters. The van der Waals surface area contributed by atoms with Crippen LogP contribution in [0.3, 0.4) is 0 Å². The van der Waals surface area contributed by atoms with E-state index in [1.54, 1.807) is 12.1 Å². The van der Waals surface area contributed by atoms with Gasteiger partial charge in [-0.15, -0.1) is 0 Å². The summed E-state index contributed by atoms with van der Waals surface area (Å²) in [7, 11) is 4.28. The van der Waals surface area contributed by atoms with Crippen LogP contribution in [0.15, 0.2) is 36.4 Å². The molecule has 2 N–H and O–H groups in total. The second-order valence-corrected chi connectivity index (χ2v) is 8.65. The lowest BCUT2D eigenvalue weighted by atomic mass is 9.94.